The quantitative estimate of drug-likeness (QED) is 0.879. The van der Waals surface area contributed by atoms with E-state index in [4.69, 9.17) is 0 Å². The Bertz CT molecular complexity index is 814. The van der Waals surface area contributed by atoms with Gasteiger partial charge in [0.1, 0.15) is 16.7 Å². The van der Waals surface area contributed by atoms with Gasteiger partial charge in [-0.3, -0.25) is 9.59 Å². The first-order chi connectivity index (χ1) is 10.9. The zero-order valence-corrected chi connectivity index (χ0v) is 14.1. The highest BCUT2D eigenvalue weighted by atomic mass is 32.2. The molecule has 1 atom stereocenters. The Labute approximate surface area is 137 Å². The van der Waals surface area contributed by atoms with E-state index in [1.807, 2.05) is 24.3 Å². The fourth-order valence-corrected chi connectivity index (χ4v) is 2.58. The highest BCUT2D eigenvalue weighted by Crippen LogP contribution is 2.23. The highest BCUT2D eigenvalue weighted by Gasteiger charge is 2.09. The molecule has 23 heavy (non-hydrogen) atoms. The minimum Gasteiger partial charge on any atom is -0.321 e. The molecule has 2 aromatic rings. The molecule has 1 unspecified atom stereocenters. The zero-order chi connectivity index (χ0) is 17.0. The van der Waals surface area contributed by atoms with Gasteiger partial charge in [-0.25, -0.2) is 4.21 Å². The molecule has 0 fully saturated rings. The van der Waals surface area contributed by atoms with E-state index >= 15 is 0 Å². The van der Waals surface area contributed by atoms with Crippen LogP contribution in [0.25, 0.3) is 11.1 Å². The van der Waals surface area contributed by atoms with E-state index in [1.54, 1.807) is 32.5 Å². The number of pyridine rings is 1. The van der Waals surface area contributed by atoms with Crippen LogP contribution in [0.15, 0.2) is 41.3 Å². The lowest BCUT2D eigenvalue weighted by Crippen LogP contribution is -2.23. The minimum absolute atomic E-state index is 0.212. The Morgan fingerprint density at radius 2 is 2.00 bits per heavy atom. The van der Waals surface area contributed by atoms with Crippen molar-refractivity contribution in [2.45, 2.75) is 13.3 Å². The molecule has 1 aromatic heterocycles. The topological polar surface area (TPSA) is 80.2 Å². The van der Waals surface area contributed by atoms with Crippen molar-refractivity contribution in [2.24, 2.45) is 7.05 Å². The number of aromatic nitrogens is 1. The second kappa shape index (κ2) is 7.23. The van der Waals surface area contributed by atoms with Crippen LogP contribution in [0.3, 0.4) is 0 Å². The predicted molar refractivity (Wildman–Crippen MR) is 93.7 cm³/mol. The van der Waals surface area contributed by atoms with Crippen LogP contribution >= 0.6 is 0 Å². The zero-order valence-electron chi connectivity index (χ0n) is 13.3. The smallest absolute Gasteiger partial charge is 0.274 e. The summed E-state index contributed by atoms with van der Waals surface area (Å²) in [4.78, 5) is 23.7. The van der Waals surface area contributed by atoms with E-state index < -0.39 is 11.0 Å². The van der Waals surface area contributed by atoms with Gasteiger partial charge in [0.05, 0.1) is 0 Å². The van der Waals surface area contributed by atoms with Crippen LogP contribution in [0, 0.1) is 0 Å². The molecule has 2 N–H and O–H groups in total. The normalized spacial score (nSPS) is 11.8. The molecule has 0 spiro atoms. The molecule has 0 aliphatic heterocycles. The molecule has 122 valence electrons. The molecule has 2 rings (SSSR count). The number of benzene rings is 1. The monoisotopic (exact) mass is 333 g/mol. The van der Waals surface area contributed by atoms with Crippen LogP contribution in [-0.4, -0.2) is 20.9 Å². The summed E-state index contributed by atoms with van der Waals surface area (Å²) in [5.41, 5.74) is 2.33. The number of nitrogens with one attached hydrogen (secondary N) is 2. The molecular weight excluding hydrogens is 314 g/mol. The summed E-state index contributed by atoms with van der Waals surface area (Å²) in [6, 6.07) is 9.02. The Morgan fingerprint density at radius 3 is 2.65 bits per heavy atom. The van der Waals surface area contributed by atoms with Crippen molar-refractivity contribution >= 4 is 28.3 Å². The maximum Gasteiger partial charge on any atom is 0.274 e. The van der Waals surface area contributed by atoms with Gasteiger partial charge in [0, 0.05) is 37.2 Å². The molecule has 6 nitrogen and oxygen atoms in total. The van der Waals surface area contributed by atoms with Crippen LogP contribution in [0.4, 0.5) is 11.4 Å². The lowest BCUT2D eigenvalue weighted by molar-refractivity contribution is -0.115. The third kappa shape index (κ3) is 4.29. The predicted octanol–water partition coefficient (Wildman–Crippen LogP) is 2.11. The Hall–Kier alpha value is -2.41. The molecule has 7 heteroatoms. The van der Waals surface area contributed by atoms with Gasteiger partial charge >= 0.3 is 0 Å². The third-order valence-corrected chi connectivity index (χ3v) is 3.76. The number of nitrogens with zero attached hydrogens (tertiary/aromatic N) is 1. The van der Waals surface area contributed by atoms with Crippen molar-refractivity contribution in [1.82, 2.24) is 4.57 Å². The summed E-state index contributed by atoms with van der Waals surface area (Å²) in [6.07, 6.45) is 3.55. The first kappa shape index (κ1) is 17.0. The molecular formula is C16H19N3O3S. The molecule has 0 saturated heterocycles. The van der Waals surface area contributed by atoms with Gasteiger partial charge in [0.15, 0.2) is 0 Å². The number of carbonyl (C=O) groups is 1. The second-order valence-corrected chi connectivity index (χ2v) is 6.21. The van der Waals surface area contributed by atoms with Gasteiger partial charge in [-0.1, -0.05) is 19.1 Å². The summed E-state index contributed by atoms with van der Waals surface area (Å²) in [5.74, 6) is -0.212. The molecule has 0 saturated carbocycles. The van der Waals surface area contributed by atoms with Gasteiger partial charge in [-0.15, -0.1) is 0 Å². The summed E-state index contributed by atoms with van der Waals surface area (Å²) in [5, 5.41) is 2.62. The second-order valence-electron chi connectivity index (χ2n) is 5.10. The number of aryl methyl sites for hydroxylation is 1. The number of amides is 1. The van der Waals surface area contributed by atoms with Crippen LogP contribution in [0.1, 0.15) is 13.3 Å². The first-order valence-electron chi connectivity index (χ1n) is 7.11. The Morgan fingerprint density at radius 1 is 1.26 bits per heavy atom. The molecule has 0 radical (unpaired) electrons. The number of carbonyl (C=O) groups excluding carboxylic acids is 1. The van der Waals surface area contributed by atoms with Crippen molar-refractivity contribution in [1.29, 1.82) is 0 Å². The van der Waals surface area contributed by atoms with Crippen molar-refractivity contribution < 1.29 is 9.00 Å². The summed E-state index contributed by atoms with van der Waals surface area (Å²) in [6.45, 7) is 1.73. The van der Waals surface area contributed by atoms with Crippen LogP contribution in [-0.2, 0) is 22.8 Å². The Balaban J connectivity index is 2.45. The largest absolute Gasteiger partial charge is 0.321 e. The summed E-state index contributed by atoms with van der Waals surface area (Å²) >= 11 is 0. The maximum atomic E-state index is 12.1. The summed E-state index contributed by atoms with van der Waals surface area (Å²) < 4.78 is 15.5. The molecule has 1 heterocycles. The standard InChI is InChI=1S/C16H19N3O3S/c1-4-15(20)17-14-9-12(10-19(2)16(14)21)11-6-5-7-13(8-11)18-23(3)22/h5-10,18H,4H2,1-3H3,(H,17,20). The average molecular weight is 333 g/mol. The van der Waals surface area contributed by atoms with E-state index in [-0.39, 0.29) is 17.2 Å². The van der Waals surface area contributed by atoms with Crippen molar-refractivity contribution in [2.75, 3.05) is 16.3 Å². The van der Waals surface area contributed by atoms with Crippen molar-refractivity contribution in [3.05, 3.63) is 46.9 Å². The Kier molecular flexibility index (Phi) is 5.33. The minimum atomic E-state index is -1.16. The van der Waals surface area contributed by atoms with Gasteiger partial charge in [0.2, 0.25) is 5.91 Å². The van der Waals surface area contributed by atoms with E-state index in [1.165, 1.54) is 4.57 Å². The fraction of sp³-hybridized carbons (Fsp3) is 0.250. The number of hydrogen-bond donors (Lipinski definition) is 2. The van der Waals surface area contributed by atoms with Gasteiger partial charge in [0.25, 0.3) is 5.56 Å². The van der Waals surface area contributed by atoms with Gasteiger partial charge < -0.3 is 14.6 Å². The highest BCUT2D eigenvalue weighted by molar-refractivity contribution is 7.85. The number of rotatable bonds is 5. The molecule has 1 amide bonds. The molecule has 0 bridgehead atoms. The molecule has 1 aromatic carbocycles. The van der Waals surface area contributed by atoms with E-state index in [2.05, 4.69) is 10.0 Å². The maximum absolute atomic E-state index is 12.1. The van der Waals surface area contributed by atoms with E-state index in [0.717, 1.165) is 16.8 Å². The van der Waals surface area contributed by atoms with Crippen LogP contribution < -0.4 is 15.6 Å². The fourth-order valence-electron chi connectivity index (χ4n) is 2.13. The lowest BCUT2D eigenvalue weighted by Gasteiger charge is -2.11. The number of anilines is 2. The van der Waals surface area contributed by atoms with Gasteiger partial charge in [-0.05, 0) is 23.8 Å². The first-order valence-corrected chi connectivity index (χ1v) is 8.67. The SMILES string of the molecule is CCC(=O)Nc1cc(-c2cccc(NS(C)=O)c2)cn(C)c1=O. The molecule has 0 aliphatic rings. The van der Waals surface area contributed by atoms with Crippen molar-refractivity contribution in [3.8, 4) is 11.1 Å². The van der Waals surface area contributed by atoms with E-state index in [0.29, 0.717) is 6.42 Å². The lowest BCUT2D eigenvalue weighted by atomic mass is 10.1. The van der Waals surface area contributed by atoms with Crippen LogP contribution in [0.2, 0.25) is 0 Å². The van der Waals surface area contributed by atoms with Gasteiger partial charge in [-0.2, -0.15) is 0 Å². The average Bonchev–Trinajstić information content (AvgIpc) is 2.51. The van der Waals surface area contributed by atoms with Crippen LogP contribution in [0.5, 0.6) is 0 Å². The third-order valence-electron chi connectivity index (χ3n) is 3.24. The van der Waals surface area contributed by atoms with Crippen molar-refractivity contribution in [3.63, 3.8) is 0 Å². The summed E-state index contributed by atoms with van der Waals surface area (Å²) in [7, 11) is 0.471. The van der Waals surface area contributed by atoms with E-state index in [9.17, 15) is 13.8 Å². The molecule has 0 aliphatic carbocycles. The number of hydrogen-bond acceptors (Lipinski definition) is 3.